The minimum atomic E-state index is 0.437. The van der Waals surface area contributed by atoms with Crippen molar-refractivity contribution in [3.63, 3.8) is 0 Å². The highest BCUT2D eigenvalue weighted by atomic mass is 32.2. The predicted octanol–water partition coefficient (Wildman–Crippen LogP) is 6.09. The Kier molecular flexibility index (Phi) is 4.61. The highest BCUT2D eigenvalue weighted by Gasteiger charge is 2.51. The molecule has 0 radical (unpaired) electrons. The molecule has 6 aliphatic carbocycles. The van der Waals surface area contributed by atoms with Gasteiger partial charge >= 0.3 is 0 Å². The molecule has 5 fully saturated rings. The average Bonchev–Trinajstić information content (AvgIpc) is 3.11. The molecule has 1 aromatic carbocycles. The van der Waals surface area contributed by atoms with Crippen LogP contribution in [0.1, 0.15) is 86.8 Å². The molecule has 0 aromatic heterocycles. The average molecular weight is 396 g/mol. The van der Waals surface area contributed by atoms with Gasteiger partial charge in [0.15, 0.2) is 0 Å². The fourth-order valence-electron chi connectivity index (χ4n) is 8.07. The zero-order valence-corrected chi connectivity index (χ0v) is 18.2. The number of rotatable bonds is 4. The van der Waals surface area contributed by atoms with Crippen molar-refractivity contribution in [3.8, 4) is 0 Å². The molecule has 0 spiro atoms. The lowest BCUT2D eigenvalue weighted by Crippen LogP contribution is -2.48. The van der Waals surface area contributed by atoms with Crippen LogP contribution in [-0.4, -0.2) is 16.5 Å². The van der Waals surface area contributed by atoms with Crippen LogP contribution in [0.3, 0.4) is 0 Å². The minimum Gasteiger partial charge on any atom is -0.328 e. The van der Waals surface area contributed by atoms with Gasteiger partial charge in [-0.2, -0.15) is 11.8 Å². The predicted molar refractivity (Wildman–Crippen MR) is 120 cm³/mol. The summed E-state index contributed by atoms with van der Waals surface area (Å²) in [6.07, 6.45) is 17.2. The first-order valence-corrected chi connectivity index (χ1v) is 13.1. The molecular weight excluding hydrogens is 358 g/mol. The Morgan fingerprint density at radius 1 is 0.893 bits per heavy atom. The van der Waals surface area contributed by atoms with E-state index in [1.54, 1.807) is 55.2 Å². The summed E-state index contributed by atoms with van der Waals surface area (Å²) in [6.45, 7) is 0. The molecule has 4 bridgehead atoms. The van der Waals surface area contributed by atoms with E-state index in [0.717, 1.165) is 29.6 Å². The first-order chi connectivity index (χ1) is 13.6. The van der Waals surface area contributed by atoms with Crippen molar-refractivity contribution >= 4 is 11.8 Å². The molecule has 152 valence electrons. The molecule has 1 aromatic rings. The van der Waals surface area contributed by atoms with E-state index in [-0.39, 0.29) is 0 Å². The molecule has 0 aliphatic heterocycles. The number of benzene rings is 1. The molecule has 1 unspecified atom stereocenters. The highest BCUT2D eigenvalue weighted by Crippen LogP contribution is 2.61. The molecule has 7 rings (SSSR count). The third-order valence-electron chi connectivity index (χ3n) is 9.11. The summed E-state index contributed by atoms with van der Waals surface area (Å²) < 4.78 is 0.695. The lowest BCUT2D eigenvalue weighted by Gasteiger charge is -2.56. The SMILES string of the molecule is N[C@@H]1CC[C@H](c2ccc3c(c2)CCC(CSC24CC5CC(CC(C5)C2)C4)C3)C1. The first kappa shape index (κ1) is 18.3. The standard InChI is InChI=1S/C26H37NS/c27-25-6-5-24(12-25)23-4-3-21-10-17(1-2-22(21)11-23)16-28-26-13-18-7-19(14-26)9-20(8-18)15-26/h3-4,11,17-20,24-25H,1-2,5-10,12-16,27H2/t17?,18?,19?,20?,24-,25+,26?/m0/s1. The van der Waals surface area contributed by atoms with Gasteiger partial charge in [0.1, 0.15) is 0 Å². The number of thioether (sulfide) groups is 1. The molecule has 5 saturated carbocycles. The fraction of sp³-hybridized carbons (Fsp3) is 0.769. The maximum Gasteiger partial charge on any atom is 0.0168 e. The summed E-state index contributed by atoms with van der Waals surface area (Å²) in [4.78, 5) is 0. The lowest BCUT2D eigenvalue weighted by molar-refractivity contribution is 0.0382. The summed E-state index contributed by atoms with van der Waals surface area (Å²) in [5.74, 6) is 6.33. The second-order valence-corrected chi connectivity index (χ2v) is 12.8. The lowest BCUT2D eigenvalue weighted by atomic mass is 9.56. The van der Waals surface area contributed by atoms with E-state index in [2.05, 4.69) is 30.0 Å². The second-order valence-electron chi connectivity index (χ2n) is 11.3. The van der Waals surface area contributed by atoms with E-state index < -0.39 is 0 Å². The Labute approximate surface area is 175 Å². The molecule has 0 amide bonds. The topological polar surface area (TPSA) is 26.0 Å². The van der Waals surface area contributed by atoms with Crippen LogP contribution in [0.2, 0.25) is 0 Å². The maximum absolute atomic E-state index is 6.16. The van der Waals surface area contributed by atoms with Gasteiger partial charge < -0.3 is 5.73 Å². The Balaban J connectivity index is 1.09. The van der Waals surface area contributed by atoms with E-state index >= 15 is 0 Å². The van der Waals surface area contributed by atoms with Crippen molar-refractivity contribution in [1.82, 2.24) is 0 Å². The number of hydrogen-bond donors (Lipinski definition) is 1. The summed E-state index contributed by atoms with van der Waals surface area (Å²) >= 11 is 2.43. The number of nitrogens with two attached hydrogens (primary N) is 1. The van der Waals surface area contributed by atoms with E-state index in [1.165, 1.54) is 44.3 Å². The molecule has 2 N–H and O–H groups in total. The minimum absolute atomic E-state index is 0.437. The molecule has 1 nitrogen and oxygen atoms in total. The molecule has 28 heavy (non-hydrogen) atoms. The van der Waals surface area contributed by atoms with Gasteiger partial charge in [0, 0.05) is 10.8 Å². The van der Waals surface area contributed by atoms with Crippen molar-refractivity contribution in [2.24, 2.45) is 29.4 Å². The van der Waals surface area contributed by atoms with Crippen LogP contribution in [0.5, 0.6) is 0 Å². The smallest absolute Gasteiger partial charge is 0.0168 e. The van der Waals surface area contributed by atoms with E-state index in [4.69, 9.17) is 5.73 Å². The Morgan fingerprint density at radius 3 is 2.32 bits per heavy atom. The number of hydrogen-bond acceptors (Lipinski definition) is 2. The van der Waals surface area contributed by atoms with Gasteiger partial charge in [-0.1, -0.05) is 18.2 Å². The third-order valence-corrected chi connectivity index (χ3v) is 10.9. The molecule has 0 saturated heterocycles. The van der Waals surface area contributed by atoms with Gasteiger partial charge in [-0.25, -0.2) is 0 Å². The van der Waals surface area contributed by atoms with Crippen molar-refractivity contribution in [2.75, 3.05) is 5.75 Å². The van der Waals surface area contributed by atoms with Crippen LogP contribution in [0.25, 0.3) is 0 Å². The van der Waals surface area contributed by atoms with Gasteiger partial charge in [-0.05, 0) is 129 Å². The van der Waals surface area contributed by atoms with Crippen LogP contribution < -0.4 is 5.73 Å². The largest absolute Gasteiger partial charge is 0.328 e. The zero-order chi connectivity index (χ0) is 18.7. The van der Waals surface area contributed by atoms with E-state index in [1.807, 2.05) is 0 Å². The van der Waals surface area contributed by atoms with Crippen LogP contribution in [-0.2, 0) is 12.8 Å². The molecule has 6 aliphatic rings. The Bertz CT molecular complexity index is 705. The number of fused-ring (bicyclic) bond motifs is 1. The van der Waals surface area contributed by atoms with Crippen molar-refractivity contribution in [1.29, 1.82) is 0 Å². The summed E-state index contributed by atoms with van der Waals surface area (Å²) in [5.41, 5.74) is 11.1. The van der Waals surface area contributed by atoms with Crippen LogP contribution in [0, 0.1) is 23.7 Å². The Hall–Kier alpha value is -0.470. The van der Waals surface area contributed by atoms with Crippen molar-refractivity contribution < 1.29 is 0 Å². The normalized spacial score (nSPS) is 44.0. The van der Waals surface area contributed by atoms with Crippen molar-refractivity contribution in [3.05, 3.63) is 34.9 Å². The summed E-state index contributed by atoms with van der Waals surface area (Å²) in [7, 11) is 0. The third kappa shape index (κ3) is 3.37. The first-order valence-electron chi connectivity index (χ1n) is 12.2. The number of aryl methyl sites for hydroxylation is 1. The van der Waals surface area contributed by atoms with Gasteiger partial charge in [0.05, 0.1) is 0 Å². The second kappa shape index (κ2) is 7.05. The van der Waals surface area contributed by atoms with E-state index in [0.29, 0.717) is 10.8 Å². The molecule has 2 heteroatoms. The van der Waals surface area contributed by atoms with Gasteiger partial charge in [0.25, 0.3) is 0 Å². The summed E-state index contributed by atoms with van der Waals surface area (Å²) in [6, 6.07) is 7.92. The molecular formula is C26H37NS. The van der Waals surface area contributed by atoms with Crippen LogP contribution in [0.4, 0.5) is 0 Å². The van der Waals surface area contributed by atoms with Crippen LogP contribution in [0.15, 0.2) is 18.2 Å². The van der Waals surface area contributed by atoms with Gasteiger partial charge in [0.2, 0.25) is 0 Å². The van der Waals surface area contributed by atoms with Gasteiger partial charge in [-0.15, -0.1) is 0 Å². The maximum atomic E-state index is 6.16. The quantitative estimate of drug-likeness (QED) is 0.668. The summed E-state index contributed by atoms with van der Waals surface area (Å²) in [5, 5.41) is 0. The van der Waals surface area contributed by atoms with E-state index in [9.17, 15) is 0 Å². The molecule has 3 atom stereocenters. The monoisotopic (exact) mass is 395 g/mol. The fourth-order valence-corrected chi connectivity index (χ4v) is 10.0. The van der Waals surface area contributed by atoms with Crippen LogP contribution >= 0.6 is 11.8 Å². The molecule has 0 heterocycles. The van der Waals surface area contributed by atoms with Crippen molar-refractivity contribution in [2.45, 2.75) is 93.8 Å². The Morgan fingerprint density at radius 2 is 1.64 bits per heavy atom. The zero-order valence-electron chi connectivity index (χ0n) is 17.4. The van der Waals surface area contributed by atoms with Gasteiger partial charge in [-0.3, -0.25) is 0 Å². The highest BCUT2D eigenvalue weighted by molar-refractivity contribution is 8.00.